The Hall–Kier alpha value is -3.52. The Morgan fingerprint density at radius 2 is 1.61 bits per heavy atom. The number of fused-ring (bicyclic) bond motifs is 1. The second-order valence-corrected chi connectivity index (χ2v) is 7.64. The van der Waals surface area contributed by atoms with E-state index in [-0.39, 0.29) is 0 Å². The average molecular weight is 433 g/mol. The largest absolute Gasteiger partial charge is 0.352 e. The molecule has 1 saturated heterocycles. The minimum Gasteiger partial charge on any atom is -0.352 e. The summed E-state index contributed by atoms with van der Waals surface area (Å²) in [6, 6.07) is 11.5. The van der Waals surface area contributed by atoms with Crippen molar-refractivity contribution in [3.05, 3.63) is 71.8 Å². The van der Waals surface area contributed by atoms with Gasteiger partial charge in [-0.25, -0.2) is 24.9 Å². The molecule has 31 heavy (non-hydrogen) atoms. The summed E-state index contributed by atoms with van der Waals surface area (Å²) in [6.07, 6.45) is 7.19. The van der Waals surface area contributed by atoms with E-state index >= 15 is 0 Å². The van der Waals surface area contributed by atoms with Crippen molar-refractivity contribution in [2.75, 3.05) is 41.3 Å². The smallest absolute Gasteiger partial charge is 0.225 e. The van der Waals surface area contributed by atoms with E-state index in [1.54, 1.807) is 18.6 Å². The highest BCUT2D eigenvalue weighted by molar-refractivity contribution is 6.31. The Morgan fingerprint density at radius 1 is 0.839 bits per heavy atom. The molecule has 5 rings (SSSR count). The van der Waals surface area contributed by atoms with Gasteiger partial charge in [0, 0.05) is 62.5 Å². The lowest BCUT2D eigenvalue weighted by Gasteiger charge is -2.35. The lowest BCUT2D eigenvalue weighted by molar-refractivity contribution is 0.636. The maximum absolute atomic E-state index is 6.24. The van der Waals surface area contributed by atoms with Crippen LogP contribution in [0.5, 0.6) is 0 Å². The number of nitrogens with one attached hydrogen (secondary N) is 1. The van der Waals surface area contributed by atoms with Gasteiger partial charge in [-0.15, -0.1) is 0 Å². The van der Waals surface area contributed by atoms with Crippen LogP contribution in [0.25, 0.3) is 10.9 Å². The summed E-state index contributed by atoms with van der Waals surface area (Å²) in [5.74, 6) is 2.24. The third-order valence-electron chi connectivity index (χ3n) is 5.30. The topological polar surface area (TPSA) is 83.0 Å². The molecule has 4 heterocycles. The summed E-state index contributed by atoms with van der Waals surface area (Å²) >= 11 is 6.24. The Labute approximate surface area is 185 Å². The number of halogens is 1. The first-order valence-corrected chi connectivity index (χ1v) is 10.5. The summed E-state index contributed by atoms with van der Waals surface area (Å²) in [5, 5.41) is 4.92. The second kappa shape index (κ2) is 8.69. The van der Waals surface area contributed by atoms with Crippen molar-refractivity contribution in [3.8, 4) is 0 Å². The van der Waals surface area contributed by atoms with E-state index < -0.39 is 0 Å². The number of piperazine rings is 1. The van der Waals surface area contributed by atoms with E-state index in [0.29, 0.717) is 12.5 Å². The fourth-order valence-electron chi connectivity index (χ4n) is 3.67. The Bertz CT molecular complexity index is 1180. The third-order valence-corrected chi connectivity index (χ3v) is 5.67. The molecule has 1 aromatic carbocycles. The molecule has 4 aromatic rings. The van der Waals surface area contributed by atoms with Gasteiger partial charge in [-0.3, -0.25) is 0 Å². The van der Waals surface area contributed by atoms with Crippen molar-refractivity contribution >= 4 is 40.2 Å². The van der Waals surface area contributed by atoms with Crippen molar-refractivity contribution in [3.63, 3.8) is 0 Å². The van der Waals surface area contributed by atoms with Gasteiger partial charge >= 0.3 is 0 Å². The van der Waals surface area contributed by atoms with Crippen LogP contribution in [0.1, 0.15) is 5.56 Å². The predicted octanol–water partition coefficient (Wildman–Crippen LogP) is 3.41. The third kappa shape index (κ3) is 4.20. The Balaban J connectivity index is 1.31. The molecule has 1 aliphatic heterocycles. The zero-order chi connectivity index (χ0) is 21.0. The standard InChI is InChI=1S/C22H21ClN8/c23-18-5-2-1-4-16(18)14-27-21-28-15-17-19(29-21)6-9-24-20(17)30-10-12-31(13-11-30)22-25-7-3-8-26-22/h1-9,15H,10-14H2,(H,27,28,29). The minimum atomic E-state index is 0.562. The van der Waals surface area contributed by atoms with Crippen LogP contribution in [-0.2, 0) is 6.54 Å². The van der Waals surface area contributed by atoms with Gasteiger partial charge in [0.15, 0.2) is 0 Å². The van der Waals surface area contributed by atoms with Gasteiger partial charge < -0.3 is 15.1 Å². The van der Waals surface area contributed by atoms with Crippen LogP contribution in [-0.4, -0.2) is 51.1 Å². The summed E-state index contributed by atoms with van der Waals surface area (Å²) in [4.78, 5) is 27.0. The quantitative estimate of drug-likeness (QED) is 0.513. The van der Waals surface area contributed by atoms with Gasteiger partial charge in [0.2, 0.25) is 11.9 Å². The van der Waals surface area contributed by atoms with Crippen molar-refractivity contribution in [1.82, 2.24) is 24.9 Å². The molecule has 0 saturated carbocycles. The average Bonchev–Trinajstić information content (AvgIpc) is 2.84. The molecule has 1 N–H and O–H groups in total. The van der Waals surface area contributed by atoms with Crippen LogP contribution in [0.2, 0.25) is 5.02 Å². The first-order chi connectivity index (χ1) is 15.3. The molecular formula is C22H21ClN8. The molecule has 0 unspecified atom stereocenters. The monoisotopic (exact) mass is 432 g/mol. The van der Waals surface area contributed by atoms with E-state index in [0.717, 1.165) is 59.4 Å². The number of hydrogen-bond donors (Lipinski definition) is 1. The van der Waals surface area contributed by atoms with Crippen molar-refractivity contribution in [1.29, 1.82) is 0 Å². The number of nitrogens with zero attached hydrogens (tertiary/aromatic N) is 7. The van der Waals surface area contributed by atoms with Crippen LogP contribution < -0.4 is 15.1 Å². The number of pyridine rings is 1. The Kier molecular flexibility index (Phi) is 5.45. The van der Waals surface area contributed by atoms with Crippen molar-refractivity contribution in [2.24, 2.45) is 0 Å². The van der Waals surface area contributed by atoms with Gasteiger partial charge in [-0.2, -0.15) is 0 Å². The fourth-order valence-corrected chi connectivity index (χ4v) is 3.87. The first-order valence-electron chi connectivity index (χ1n) is 10.1. The first kappa shape index (κ1) is 19.4. The number of anilines is 3. The van der Waals surface area contributed by atoms with Crippen LogP contribution in [0.15, 0.2) is 61.2 Å². The lowest BCUT2D eigenvalue weighted by atomic mass is 10.2. The van der Waals surface area contributed by atoms with Gasteiger partial charge in [0.1, 0.15) is 5.82 Å². The normalized spacial score (nSPS) is 14.1. The molecule has 9 heteroatoms. The van der Waals surface area contributed by atoms with Gasteiger partial charge in [-0.1, -0.05) is 29.8 Å². The fraction of sp³-hybridized carbons (Fsp3) is 0.227. The van der Waals surface area contributed by atoms with Crippen LogP contribution in [0.4, 0.5) is 17.7 Å². The van der Waals surface area contributed by atoms with E-state index in [4.69, 9.17) is 11.6 Å². The summed E-state index contributed by atoms with van der Waals surface area (Å²) in [5.41, 5.74) is 1.86. The zero-order valence-electron chi connectivity index (χ0n) is 16.8. The van der Waals surface area contributed by atoms with Crippen LogP contribution in [0.3, 0.4) is 0 Å². The highest BCUT2D eigenvalue weighted by atomic mass is 35.5. The molecular weight excluding hydrogens is 412 g/mol. The molecule has 0 radical (unpaired) electrons. The molecule has 0 aliphatic carbocycles. The predicted molar refractivity (Wildman–Crippen MR) is 123 cm³/mol. The van der Waals surface area contributed by atoms with Crippen LogP contribution >= 0.6 is 11.6 Å². The highest BCUT2D eigenvalue weighted by Gasteiger charge is 2.21. The lowest BCUT2D eigenvalue weighted by Crippen LogP contribution is -2.47. The summed E-state index contributed by atoms with van der Waals surface area (Å²) in [6.45, 7) is 3.89. The Morgan fingerprint density at radius 3 is 2.42 bits per heavy atom. The summed E-state index contributed by atoms with van der Waals surface area (Å²) < 4.78 is 0. The number of hydrogen-bond acceptors (Lipinski definition) is 8. The van der Waals surface area contributed by atoms with Gasteiger partial charge in [0.25, 0.3) is 0 Å². The maximum Gasteiger partial charge on any atom is 0.225 e. The number of aromatic nitrogens is 5. The van der Waals surface area contributed by atoms with E-state index in [2.05, 4.69) is 40.0 Å². The van der Waals surface area contributed by atoms with Crippen LogP contribution in [0, 0.1) is 0 Å². The van der Waals surface area contributed by atoms with E-state index in [1.165, 1.54) is 0 Å². The van der Waals surface area contributed by atoms with Gasteiger partial charge in [0.05, 0.1) is 10.9 Å². The zero-order valence-corrected chi connectivity index (χ0v) is 17.6. The molecule has 1 aliphatic rings. The molecule has 3 aromatic heterocycles. The molecule has 0 amide bonds. The SMILES string of the molecule is Clc1ccccc1CNc1ncc2c(N3CCN(c4ncccn4)CC3)nccc2n1. The summed E-state index contributed by atoms with van der Waals surface area (Å²) in [7, 11) is 0. The minimum absolute atomic E-state index is 0.562. The molecule has 156 valence electrons. The van der Waals surface area contributed by atoms with Crippen molar-refractivity contribution in [2.45, 2.75) is 6.54 Å². The molecule has 8 nitrogen and oxygen atoms in total. The molecule has 0 spiro atoms. The highest BCUT2D eigenvalue weighted by Crippen LogP contribution is 2.25. The van der Waals surface area contributed by atoms with Crippen molar-refractivity contribution < 1.29 is 0 Å². The molecule has 1 fully saturated rings. The molecule has 0 atom stereocenters. The maximum atomic E-state index is 6.24. The van der Waals surface area contributed by atoms with Gasteiger partial charge in [-0.05, 0) is 23.8 Å². The number of benzene rings is 1. The second-order valence-electron chi connectivity index (χ2n) is 7.23. The number of rotatable bonds is 5. The molecule has 0 bridgehead atoms. The van der Waals surface area contributed by atoms with E-state index in [1.807, 2.05) is 42.6 Å². The van der Waals surface area contributed by atoms with E-state index in [9.17, 15) is 0 Å².